The molecule has 3 aromatic rings. The van der Waals surface area contributed by atoms with Crippen LogP contribution in [-0.4, -0.2) is 64.5 Å². The molecule has 1 aromatic heterocycles. The van der Waals surface area contributed by atoms with Gasteiger partial charge in [-0.05, 0) is 56.0 Å². The zero-order chi connectivity index (χ0) is 23.4. The summed E-state index contributed by atoms with van der Waals surface area (Å²) in [5.41, 5.74) is 8.52. The van der Waals surface area contributed by atoms with Gasteiger partial charge in [-0.25, -0.2) is 0 Å². The largest absolute Gasteiger partial charge is 0.496 e. The summed E-state index contributed by atoms with van der Waals surface area (Å²) in [7, 11) is 1.71. The SMILES string of the molecule is COc1ccc(CN2CCN(Cc3cn[nH]c3-c3cc(C)ccc3C)C[C@H]2CCO)cc1C. The Bertz CT molecular complexity index is 1080. The van der Waals surface area contributed by atoms with Crippen LogP contribution in [0.25, 0.3) is 11.3 Å². The number of aliphatic hydroxyl groups is 1. The van der Waals surface area contributed by atoms with Gasteiger partial charge in [0.05, 0.1) is 19.0 Å². The fourth-order valence-electron chi connectivity index (χ4n) is 4.92. The van der Waals surface area contributed by atoms with Crippen LogP contribution in [0.3, 0.4) is 0 Å². The first-order valence-electron chi connectivity index (χ1n) is 11.8. The van der Waals surface area contributed by atoms with Gasteiger partial charge in [0.25, 0.3) is 0 Å². The van der Waals surface area contributed by atoms with Crippen LogP contribution in [0.1, 0.15) is 34.2 Å². The fourth-order valence-corrected chi connectivity index (χ4v) is 4.92. The van der Waals surface area contributed by atoms with Crippen molar-refractivity contribution in [2.45, 2.75) is 46.3 Å². The van der Waals surface area contributed by atoms with Gasteiger partial charge in [0.15, 0.2) is 0 Å². The Kier molecular flexibility index (Phi) is 7.48. The number of piperazine rings is 1. The van der Waals surface area contributed by atoms with E-state index < -0.39 is 0 Å². The molecule has 2 N–H and O–H groups in total. The van der Waals surface area contributed by atoms with E-state index in [-0.39, 0.29) is 6.61 Å². The lowest BCUT2D eigenvalue weighted by atomic mass is 9.99. The number of aromatic nitrogens is 2. The lowest BCUT2D eigenvalue weighted by Crippen LogP contribution is -2.52. The van der Waals surface area contributed by atoms with Crippen LogP contribution in [0, 0.1) is 20.8 Å². The summed E-state index contributed by atoms with van der Waals surface area (Å²) in [5.74, 6) is 0.926. The number of methoxy groups -OCH3 is 1. The van der Waals surface area contributed by atoms with E-state index in [2.05, 4.69) is 77.2 Å². The summed E-state index contributed by atoms with van der Waals surface area (Å²) in [4.78, 5) is 5.00. The van der Waals surface area contributed by atoms with E-state index in [9.17, 15) is 5.11 Å². The minimum Gasteiger partial charge on any atom is -0.496 e. The molecule has 0 amide bonds. The molecule has 2 heterocycles. The Labute approximate surface area is 197 Å². The van der Waals surface area contributed by atoms with Crippen molar-refractivity contribution in [1.29, 1.82) is 0 Å². The number of nitrogens with zero attached hydrogens (tertiary/aromatic N) is 3. The van der Waals surface area contributed by atoms with Crippen molar-refractivity contribution in [1.82, 2.24) is 20.0 Å². The van der Waals surface area contributed by atoms with Gasteiger partial charge < -0.3 is 9.84 Å². The third kappa shape index (κ3) is 5.46. The number of nitrogens with one attached hydrogen (secondary N) is 1. The molecule has 0 unspecified atom stereocenters. The van der Waals surface area contributed by atoms with E-state index in [1.807, 2.05) is 6.20 Å². The second-order valence-electron chi connectivity index (χ2n) is 9.26. The Balaban J connectivity index is 1.46. The zero-order valence-electron chi connectivity index (χ0n) is 20.3. The molecular formula is C27H36N4O2. The van der Waals surface area contributed by atoms with E-state index in [0.717, 1.165) is 56.2 Å². The number of hydrogen-bond acceptors (Lipinski definition) is 5. The number of benzene rings is 2. The van der Waals surface area contributed by atoms with Crippen molar-refractivity contribution in [3.63, 3.8) is 0 Å². The van der Waals surface area contributed by atoms with Gasteiger partial charge in [0.1, 0.15) is 5.75 Å². The summed E-state index contributed by atoms with van der Waals surface area (Å²) in [6, 6.07) is 13.3. The number of aryl methyl sites for hydroxylation is 3. The Morgan fingerprint density at radius 1 is 1.06 bits per heavy atom. The topological polar surface area (TPSA) is 64.6 Å². The molecule has 176 valence electrons. The summed E-state index contributed by atoms with van der Waals surface area (Å²) in [5, 5.41) is 17.3. The Hall–Kier alpha value is -2.67. The molecule has 1 aliphatic rings. The highest BCUT2D eigenvalue weighted by molar-refractivity contribution is 5.67. The third-order valence-electron chi connectivity index (χ3n) is 6.77. The monoisotopic (exact) mass is 448 g/mol. The Morgan fingerprint density at radius 2 is 1.91 bits per heavy atom. The maximum Gasteiger partial charge on any atom is 0.121 e. The maximum atomic E-state index is 9.73. The number of aliphatic hydroxyl groups excluding tert-OH is 1. The molecule has 33 heavy (non-hydrogen) atoms. The highest BCUT2D eigenvalue weighted by Crippen LogP contribution is 2.28. The second kappa shape index (κ2) is 10.5. The van der Waals surface area contributed by atoms with E-state index in [1.165, 1.54) is 27.8 Å². The molecule has 0 bridgehead atoms. The van der Waals surface area contributed by atoms with Crippen molar-refractivity contribution in [2.75, 3.05) is 33.4 Å². The maximum absolute atomic E-state index is 9.73. The van der Waals surface area contributed by atoms with Crippen molar-refractivity contribution in [3.05, 3.63) is 70.4 Å². The second-order valence-corrected chi connectivity index (χ2v) is 9.26. The molecule has 0 saturated carbocycles. The first-order chi connectivity index (χ1) is 16.0. The average Bonchev–Trinajstić information content (AvgIpc) is 3.25. The average molecular weight is 449 g/mol. The quantitative estimate of drug-likeness (QED) is 0.544. The normalized spacial score (nSPS) is 17.4. The van der Waals surface area contributed by atoms with Gasteiger partial charge in [-0.2, -0.15) is 5.10 Å². The molecule has 1 aliphatic heterocycles. The molecule has 0 spiro atoms. The number of ether oxygens (including phenoxy) is 1. The van der Waals surface area contributed by atoms with E-state index in [1.54, 1.807) is 7.11 Å². The van der Waals surface area contributed by atoms with Crippen molar-refractivity contribution < 1.29 is 9.84 Å². The number of aromatic amines is 1. The lowest BCUT2D eigenvalue weighted by Gasteiger charge is -2.41. The van der Waals surface area contributed by atoms with Crippen molar-refractivity contribution >= 4 is 0 Å². The highest BCUT2D eigenvalue weighted by atomic mass is 16.5. The molecule has 1 saturated heterocycles. The molecule has 1 atom stereocenters. The fraction of sp³-hybridized carbons (Fsp3) is 0.444. The first kappa shape index (κ1) is 23.5. The molecule has 1 fully saturated rings. The first-order valence-corrected chi connectivity index (χ1v) is 11.8. The summed E-state index contributed by atoms with van der Waals surface area (Å²) < 4.78 is 5.41. The minimum absolute atomic E-state index is 0.204. The highest BCUT2D eigenvalue weighted by Gasteiger charge is 2.27. The van der Waals surface area contributed by atoms with Crippen LogP contribution < -0.4 is 4.74 Å². The molecule has 6 heteroatoms. The van der Waals surface area contributed by atoms with Crippen LogP contribution in [0.4, 0.5) is 0 Å². The minimum atomic E-state index is 0.204. The molecule has 0 radical (unpaired) electrons. The summed E-state index contributed by atoms with van der Waals surface area (Å²) >= 11 is 0. The molecule has 6 nitrogen and oxygen atoms in total. The van der Waals surface area contributed by atoms with Crippen LogP contribution in [0.2, 0.25) is 0 Å². The van der Waals surface area contributed by atoms with Crippen LogP contribution in [0.15, 0.2) is 42.6 Å². The molecular weight excluding hydrogens is 412 g/mol. The van der Waals surface area contributed by atoms with E-state index in [4.69, 9.17) is 4.74 Å². The van der Waals surface area contributed by atoms with Gasteiger partial charge in [-0.1, -0.05) is 29.8 Å². The van der Waals surface area contributed by atoms with Crippen LogP contribution >= 0.6 is 0 Å². The number of H-pyrrole nitrogens is 1. The molecule has 2 aromatic carbocycles. The molecule has 4 rings (SSSR count). The van der Waals surface area contributed by atoms with Crippen molar-refractivity contribution in [2.24, 2.45) is 0 Å². The third-order valence-corrected chi connectivity index (χ3v) is 6.77. The standard InChI is InChI=1S/C27H36N4O2/c1-19-5-6-20(2)25(13-19)27-23(15-28-29-27)17-30-10-11-31(24(18-30)9-12-32)16-22-7-8-26(33-4)21(3)14-22/h5-8,13-15,24,32H,9-12,16-18H2,1-4H3,(H,28,29)/t24-/m1/s1. The van der Waals surface area contributed by atoms with Gasteiger partial charge >= 0.3 is 0 Å². The molecule has 0 aliphatic carbocycles. The van der Waals surface area contributed by atoms with E-state index >= 15 is 0 Å². The summed E-state index contributed by atoms with van der Waals surface area (Å²) in [6.07, 6.45) is 2.74. The lowest BCUT2D eigenvalue weighted by molar-refractivity contribution is 0.0500. The van der Waals surface area contributed by atoms with Crippen molar-refractivity contribution in [3.8, 4) is 17.0 Å². The van der Waals surface area contributed by atoms with Gasteiger partial charge in [0, 0.05) is 56.5 Å². The smallest absolute Gasteiger partial charge is 0.121 e. The predicted octanol–water partition coefficient (Wildman–Crippen LogP) is 4.08. The van der Waals surface area contributed by atoms with Crippen LogP contribution in [0.5, 0.6) is 5.75 Å². The number of hydrogen-bond donors (Lipinski definition) is 2. The predicted molar refractivity (Wildman–Crippen MR) is 132 cm³/mol. The number of rotatable bonds is 8. The zero-order valence-corrected chi connectivity index (χ0v) is 20.3. The van der Waals surface area contributed by atoms with E-state index in [0.29, 0.717) is 6.04 Å². The van der Waals surface area contributed by atoms with Gasteiger partial charge in [-0.3, -0.25) is 14.9 Å². The summed E-state index contributed by atoms with van der Waals surface area (Å²) in [6.45, 7) is 11.2. The van der Waals surface area contributed by atoms with Gasteiger partial charge in [-0.15, -0.1) is 0 Å². The van der Waals surface area contributed by atoms with Gasteiger partial charge in [0.2, 0.25) is 0 Å². The van der Waals surface area contributed by atoms with Crippen LogP contribution in [-0.2, 0) is 13.1 Å². The Morgan fingerprint density at radius 3 is 2.67 bits per heavy atom.